The molecular formula is C15H30N2OS. The quantitative estimate of drug-likeness (QED) is 0.580. The van der Waals surface area contributed by atoms with E-state index in [4.69, 9.17) is 4.74 Å². The molecule has 0 amide bonds. The Morgan fingerprint density at radius 2 is 1.79 bits per heavy atom. The van der Waals surface area contributed by atoms with Crippen LogP contribution in [-0.4, -0.2) is 48.2 Å². The van der Waals surface area contributed by atoms with Crippen LogP contribution >= 0.6 is 12.6 Å². The smallest absolute Gasteiger partial charge is 0.0608 e. The molecule has 0 aromatic rings. The fourth-order valence-electron chi connectivity index (χ4n) is 3.17. The van der Waals surface area contributed by atoms with Crippen molar-refractivity contribution < 1.29 is 4.74 Å². The van der Waals surface area contributed by atoms with Crippen LogP contribution in [0.3, 0.4) is 0 Å². The van der Waals surface area contributed by atoms with E-state index >= 15 is 0 Å². The number of nitrogens with one attached hydrogen (secondary N) is 1. The summed E-state index contributed by atoms with van der Waals surface area (Å²) in [5.74, 6) is 0.777. The van der Waals surface area contributed by atoms with Gasteiger partial charge >= 0.3 is 0 Å². The maximum Gasteiger partial charge on any atom is 0.0608 e. The van der Waals surface area contributed by atoms with Gasteiger partial charge in [-0.15, -0.1) is 0 Å². The number of rotatable bonds is 6. The maximum absolute atomic E-state index is 6.20. The van der Waals surface area contributed by atoms with Crippen LogP contribution in [-0.2, 0) is 4.74 Å². The van der Waals surface area contributed by atoms with E-state index in [0.717, 1.165) is 18.8 Å². The molecule has 1 aliphatic carbocycles. The fraction of sp³-hybridized carbons (Fsp3) is 1.00. The lowest BCUT2D eigenvalue weighted by Crippen LogP contribution is -2.49. The molecule has 1 N–H and O–H groups in total. The lowest BCUT2D eigenvalue weighted by molar-refractivity contribution is -0.0848. The highest BCUT2D eigenvalue weighted by Gasteiger charge is 2.33. The van der Waals surface area contributed by atoms with Gasteiger partial charge in [0.15, 0.2) is 0 Å². The molecule has 1 unspecified atom stereocenters. The van der Waals surface area contributed by atoms with Gasteiger partial charge in [-0.2, -0.15) is 12.6 Å². The van der Waals surface area contributed by atoms with Crippen LogP contribution in [0.5, 0.6) is 0 Å². The molecule has 0 bridgehead atoms. The topological polar surface area (TPSA) is 24.5 Å². The zero-order chi connectivity index (χ0) is 13.8. The molecular weight excluding hydrogens is 256 g/mol. The van der Waals surface area contributed by atoms with E-state index in [2.05, 4.69) is 43.6 Å². The predicted octanol–water partition coefficient (Wildman–Crippen LogP) is 2.52. The molecule has 2 fully saturated rings. The fourth-order valence-corrected chi connectivity index (χ4v) is 3.38. The molecule has 3 nitrogen and oxygen atoms in total. The monoisotopic (exact) mass is 286 g/mol. The highest BCUT2D eigenvalue weighted by Crippen LogP contribution is 2.28. The summed E-state index contributed by atoms with van der Waals surface area (Å²) in [6.45, 7) is 10.3. The number of likely N-dealkylation sites (tertiary alicyclic amines) is 1. The van der Waals surface area contributed by atoms with Crippen LogP contribution in [0.25, 0.3) is 0 Å². The third-order valence-corrected chi connectivity index (χ3v) is 4.26. The summed E-state index contributed by atoms with van der Waals surface area (Å²) >= 11 is 4.37. The van der Waals surface area contributed by atoms with Gasteiger partial charge in [-0.05, 0) is 38.5 Å². The summed E-state index contributed by atoms with van der Waals surface area (Å²) < 4.78 is 6.20. The lowest BCUT2D eigenvalue weighted by atomic mass is 9.88. The summed E-state index contributed by atoms with van der Waals surface area (Å²) in [5.41, 5.74) is 0. The molecule has 2 rings (SSSR count). The normalized spacial score (nSPS) is 31.4. The van der Waals surface area contributed by atoms with E-state index in [-0.39, 0.29) is 0 Å². The first-order valence-electron chi connectivity index (χ1n) is 7.85. The molecule has 1 atom stereocenters. The second-order valence-corrected chi connectivity index (χ2v) is 7.44. The van der Waals surface area contributed by atoms with E-state index < -0.39 is 0 Å². The molecule has 1 saturated heterocycles. The minimum absolute atomic E-state index is 0.297. The Morgan fingerprint density at radius 1 is 1.16 bits per heavy atom. The maximum atomic E-state index is 6.20. The van der Waals surface area contributed by atoms with Crippen molar-refractivity contribution in [3.05, 3.63) is 0 Å². The molecule has 19 heavy (non-hydrogen) atoms. The van der Waals surface area contributed by atoms with Gasteiger partial charge < -0.3 is 15.0 Å². The average Bonchev–Trinajstić information content (AvgIpc) is 2.27. The number of thiol groups is 1. The van der Waals surface area contributed by atoms with Crippen molar-refractivity contribution in [2.24, 2.45) is 5.92 Å². The Kier molecular flexibility index (Phi) is 6.00. The first kappa shape index (κ1) is 15.6. The van der Waals surface area contributed by atoms with Gasteiger partial charge in [0.1, 0.15) is 0 Å². The molecule has 1 saturated carbocycles. The molecule has 0 aromatic carbocycles. The van der Waals surface area contributed by atoms with Crippen molar-refractivity contribution in [2.75, 3.05) is 19.6 Å². The van der Waals surface area contributed by atoms with Crippen LogP contribution in [0, 0.1) is 5.92 Å². The van der Waals surface area contributed by atoms with Gasteiger partial charge in [0.05, 0.1) is 12.2 Å². The minimum atomic E-state index is 0.297. The van der Waals surface area contributed by atoms with E-state index in [1.165, 1.54) is 32.5 Å². The predicted molar refractivity (Wildman–Crippen MR) is 83.8 cm³/mol. The first-order valence-corrected chi connectivity index (χ1v) is 8.36. The zero-order valence-corrected chi connectivity index (χ0v) is 13.5. The summed E-state index contributed by atoms with van der Waals surface area (Å²) in [6.07, 6.45) is 5.75. The third kappa shape index (κ3) is 5.25. The minimum Gasteiger partial charge on any atom is -0.375 e. The van der Waals surface area contributed by atoms with Crippen LogP contribution in [0.1, 0.15) is 46.5 Å². The van der Waals surface area contributed by atoms with Gasteiger partial charge in [0.2, 0.25) is 0 Å². The number of nitrogens with zero attached hydrogens (tertiary/aromatic N) is 1. The Bertz CT molecular complexity index is 259. The number of hydrogen-bond acceptors (Lipinski definition) is 4. The molecule has 0 aromatic heterocycles. The number of ether oxygens (including phenoxy) is 1. The second-order valence-electron chi connectivity index (χ2n) is 6.66. The van der Waals surface area contributed by atoms with Crippen molar-refractivity contribution in [3.8, 4) is 0 Å². The van der Waals surface area contributed by atoms with Gasteiger partial charge in [-0.25, -0.2) is 0 Å². The van der Waals surface area contributed by atoms with Gasteiger partial charge in [-0.3, -0.25) is 0 Å². The molecule has 0 radical (unpaired) electrons. The van der Waals surface area contributed by atoms with Crippen molar-refractivity contribution in [3.63, 3.8) is 0 Å². The van der Waals surface area contributed by atoms with Crippen LogP contribution in [0.4, 0.5) is 0 Å². The van der Waals surface area contributed by atoms with Crippen molar-refractivity contribution >= 4 is 12.6 Å². The summed E-state index contributed by atoms with van der Waals surface area (Å²) in [6, 6.07) is 0.624. The average molecular weight is 286 g/mol. The number of hydrogen-bond donors (Lipinski definition) is 2. The van der Waals surface area contributed by atoms with Crippen molar-refractivity contribution in [1.29, 1.82) is 0 Å². The van der Waals surface area contributed by atoms with Crippen molar-refractivity contribution in [2.45, 2.75) is 70.1 Å². The highest BCUT2D eigenvalue weighted by molar-refractivity contribution is 7.80. The Labute approximate surface area is 123 Å². The van der Waals surface area contributed by atoms with Crippen LogP contribution in [0.15, 0.2) is 0 Å². The van der Waals surface area contributed by atoms with Crippen LogP contribution < -0.4 is 5.32 Å². The largest absolute Gasteiger partial charge is 0.375 e. The molecule has 0 spiro atoms. The second kappa shape index (κ2) is 7.30. The summed E-state index contributed by atoms with van der Waals surface area (Å²) in [5, 5.41) is 3.75. The molecule has 1 heterocycles. The number of piperidine rings is 1. The SMILES string of the molecule is CC(C)CN1CCC(OC2CC(NC(C)S)C2)CC1. The zero-order valence-electron chi connectivity index (χ0n) is 12.6. The Morgan fingerprint density at radius 3 is 2.32 bits per heavy atom. The third-order valence-electron chi connectivity index (χ3n) is 4.11. The standard InChI is InChI=1S/C15H30N2OS/c1-11(2)10-17-6-4-14(5-7-17)18-15-8-13(9-15)16-12(3)19/h11-16,19H,4-10H2,1-3H3. The van der Waals surface area contributed by atoms with Crippen LogP contribution in [0.2, 0.25) is 0 Å². The van der Waals surface area contributed by atoms with E-state index in [1.807, 2.05) is 0 Å². The summed E-state index contributed by atoms with van der Waals surface area (Å²) in [4.78, 5) is 2.58. The van der Waals surface area contributed by atoms with Gasteiger partial charge in [0.25, 0.3) is 0 Å². The summed E-state index contributed by atoms with van der Waals surface area (Å²) in [7, 11) is 0. The molecule has 112 valence electrons. The van der Waals surface area contributed by atoms with E-state index in [9.17, 15) is 0 Å². The molecule has 4 heteroatoms. The molecule has 1 aliphatic heterocycles. The highest BCUT2D eigenvalue weighted by atomic mass is 32.1. The Balaban J connectivity index is 1.57. The van der Waals surface area contributed by atoms with E-state index in [1.54, 1.807) is 0 Å². The first-order chi connectivity index (χ1) is 9.02. The molecule has 2 aliphatic rings. The Hall–Kier alpha value is 0.230. The van der Waals surface area contributed by atoms with Crippen molar-refractivity contribution in [1.82, 2.24) is 10.2 Å². The lowest BCUT2D eigenvalue weighted by Gasteiger charge is -2.41. The van der Waals surface area contributed by atoms with Gasteiger partial charge in [0, 0.05) is 31.0 Å². The van der Waals surface area contributed by atoms with E-state index in [0.29, 0.717) is 23.6 Å². The van der Waals surface area contributed by atoms with Gasteiger partial charge in [-0.1, -0.05) is 13.8 Å².